The minimum atomic E-state index is -0.489. The van der Waals surface area contributed by atoms with E-state index in [9.17, 15) is 4.79 Å². The van der Waals surface area contributed by atoms with Crippen LogP contribution >= 0.6 is 0 Å². The molecule has 0 bridgehead atoms. The number of nitrogens with two attached hydrogens (primary N) is 1. The summed E-state index contributed by atoms with van der Waals surface area (Å²) in [4.78, 5) is 15.5. The normalized spacial score (nSPS) is 11.1. The van der Waals surface area contributed by atoms with Gasteiger partial charge in [0.05, 0.1) is 0 Å². The smallest absolute Gasteiger partial charge is 0.407 e. The van der Waals surface area contributed by atoms with Gasteiger partial charge in [-0.15, -0.1) is 0 Å². The van der Waals surface area contributed by atoms with E-state index in [2.05, 4.69) is 10.3 Å². The Balaban J connectivity index is 2.53. The molecule has 0 saturated heterocycles. The van der Waals surface area contributed by atoms with Gasteiger partial charge in [-0.25, -0.2) is 9.78 Å². The van der Waals surface area contributed by atoms with Gasteiger partial charge in [0.15, 0.2) is 0 Å². The molecule has 5 nitrogen and oxygen atoms in total. The molecule has 0 fully saturated rings. The van der Waals surface area contributed by atoms with Gasteiger partial charge in [0.25, 0.3) is 0 Å². The number of hydrogen-bond donors (Lipinski definition) is 2. The number of amides is 1. The third kappa shape index (κ3) is 5.19. The number of rotatable bonds is 2. The first-order valence-electron chi connectivity index (χ1n) is 5.46. The Morgan fingerprint density at radius 3 is 2.65 bits per heavy atom. The van der Waals surface area contributed by atoms with Gasteiger partial charge in [-0.2, -0.15) is 0 Å². The molecule has 0 saturated carbocycles. The molecule has 5 heteroatoms. The van der Waals surface area contributed by atoms with Crippen LogP contribution in [0.1, 0.15) is 32.0 Å². The monoisotopic (exact) mass is 237 g/mol. The van der Waals surface area contributed by atoms with Crippen LogP contribution in [0.5, 0.6) is 0 Å². The molecule has 0 aromatic carbocycles. The molecule has 0 radical (unpaired) electrons. The highest BCUT2D eigenvalue weighted by molar-refractivity contribution is 5.67. The van der Waals surface area contributed by atoms with Crippen LogP contribution < -0.4 is 11.1 Å². The molecule has 1 aromatic rings. The number of alkyl carbamates (subject to hydrolysis) is 1. The van der Waals surface area contributed by atoms with Crippen LogP contribution in [0.15, 0.2) is 12.1 Å². The summed E-state index contributed by atoms with van der Waals surface area (Å²) >= 11 is 0. The Morgan fingerprint density at radius 2 is 2.12 bits per heavy atom. The molecule has 94 valence electrons. The van der Waals surface area contributed by atoms with Gasteiger partial charge in [0, 0.05) is 12.2 Å². The lowest BCUT2D eigenvalue weighted by atomic mass is 10.2. The molecule has 1 amide bonds. The van der Waals surface area contributed by atoms with E-state index in [1.165, 1.54) is 0 Å². The number of nitrogens with zero attached hydrogens (tertiary/aromatic N) is 1. The quantitative estimate of drug-likeness (QED) is 0.824. The number of nitrogens with one attached hydrogen (secondary N) is 1. The van der Waals surface area contributed by atoms with E-state index < -0.39 is 11.7 Å². The van der Waals surface area contributed by atoms with Gasteiger partial charge in [0.2, 0.25) is 0 Å². The third-order valence-electron chi connectivity index (χ3n) is 1.87. The standard InChI is InChI=1S/C12H19N3O2/c1-8-5-9(6-10(13)15-8)7-14-11(16)17-12(2,3)4/h5-6H,7H2,1-4H3,(H2,13,15)(H,14,16). The van der Waals surface area contributed by atoms with Gasteiger partial charge in [-0.1, -0.05) is 0 Å². The zero-order valence-corrected chi connectivity index (χ0v) is 10.7. The molecule has 1 aromatic heterocycles. The van der Waals surface area contributed by atoms with Crippen molar-refractivity contribution >= 4 is 11.9 Å². The molecule has 0 aliphatic heterocycles. The molecule has 0 unspecified atom stereocenters. The van der Waals surface area contributed by atoms with E-state index in [1.54, 1.807) is 6.07 Å². The number of ether oxygens (including phenoxy) is 1. The average molecular weight is 237 g/mol. The maximum absolute atomic E-state index is 11.4. The molecule has 17 heavy (non-hydrogen) atoms. The molecular weight excluding hydrogens is 218 g/mol. The largest absolute Gasteiger partial charge is 0.444 e. The second-order valence-corrected chi connectivity index (χ2v) is 4.90. The van der Waals surface area contributed by atoms with Crippen molar-refractivity contribution in [2.45, 2.75) is 39.8 Å². The summed E-state index contributed by atoms with van der Waals surface area (Å²) in [6, 6.07) is 3.60. The predicted molar refractivity (Wildman–Crippen MR) is 66.5 cm³/mol. The van der Waals surface area contributed by atoms with Crippen molar-refractivity contribution in [1.82, 2.24) is 10.3 Å². The number of aromatic nitrogens is 1. The summed E-state index contributed by atoms with van der Waals surface area (Å²) in [5.41, 5.74) is 6.85. The van der Waals surface area contributed by atoms with Crippen molar-refractivity contribution in [2.24, 2.45) is 0 Å². The molecule has 1 heterocycles. The second kappa shape index (κ2) is 5.03. The van der Waals surface area contributed by atoms with E-state index in [4.69, 9.17) is 10.5 Å². The Kier molecular flexibility index (Phi) is 3.93. The highest BCUT2D eigenvalue weighted by Crippen LogP contribution is 2.09. The molecule has 3 N–H and O–H groups in total. The van der Waals surface area contributed by atoms with Gasteiger partial charge >= 0.3 is 6.09 Å². The molecule has 0 spiro atoms. The van der Waals surface area contributed by atoms with Crippen molar-refractivity contribution < 1.29 is 9.53 Å². The van der Waals surface area contributed by atoms with Crippen LogP contribution in [0.4, 0.5) is 10.6 Å². The summed E-state index contributed by atoms with van der Waals surface area (Å²) in [5, 5.41) is 2.67. The number of aryl methyl sites for hydroxylation is 1. The first-order valence-corrected chi connectivity index (χ1v) is 5.46. The Labute approximate surface area is 101 Å². The van der Waals surface area contributed by atoms with Crippen LogP contribution in [0, 0.1) is 6.92 Å². The minimum absolute atomic E-state index is 0.377. The lowest BCUT2D eigenvalue weighted by Gasteiger charge is -2.19. The lowest BCUT2D eigenvalue weighted by molar-refractivity contribution is 0.0523. The highest BCUT2D eigenvalue weighted by atomic mass is 16.6. The number of carbonyl (C=O) groups is 1. The first-order chi connectivity index (χ1) is 7.76. The fraction of sp³-hybridized carbons (Fsp3) is 0.500. The number of carbonyl (C=O) groups excluding carboxylic acids is 1. The zero-order valence-electron chi connectivity index (χ0n) is 10.7. The molecular formula is C12H19N3O2. The van der Waals surface area contributed by atoms with Crippen LogP contribution in [-0.4, -0.2) is 16.7 Å². The predicted octanol–water partition coefficient (Wildman–Crippen LogP) is 2.00. The Morgan fingerprint density at radius 1 is 1.47 bits per heavy atom. The van der Waals surface area contributed by atoms with Gasteiger partial charge in [-0.3, -0.25) is 0 Å². The van der Waals surface area contributed by atoms with Gasteiger partial charge in [-0.05, 0) is 45.4 Å². The maximum atomic E-state index is 11.4. The summed E-state index contributed by atoms with van der Waals surface area (Å²) in [6.45, 7) is 7.69. The van der Waals surface area contributed by atoms with Crippen LogP contribution in [0.2, 0.25) is 0 Å². The molecule has 1 rings (SSSR count). The second-order valence-electron chi connectivity index (χ2n) is 4.90. The maximum Gasteiger partial charge on any atom is 0.407 e. The number of nitrogen functional groups attached to an aromatic ring is 1. The van der Waals surface area contributed by atoms with Crippen LogP contribution in [0.3, 0.4) is 0 Å². The average Bonchev–Trinajstić information content (AvgIpc) is 2.10. The third-order valence-corrected chi connectivity index (χ3v) is 1.87. The minimum Gasteiger partial charge on any atom is -0.444 e. The first kappa shape index (κ1) is 13.3. The number of hydrogen-bond acceptors (Lipinski definition) is 4. The van der Waals surface area contributed by atoms with Crippen molar-refractivity contribution in [3.05, 3.63) is 23.4 Å². The topological polar surface area (TPSA) is 77.2 Å². The SMILES string of the molecule is Cc1cc(CNC(=O)OC(C)(C)C)cc(N)n1. The summed E-state index contributed by atoms with van der Waals surface area (Å²) in [5.74, 6) is 0.450. The molecule has 0 atom stereocenters. The summed E-state index contributed by atoms with van der Waals surface area (Å²) in [7, 11) is 0. The van der Waals surface area contributed by atoms with E-state index in [0.717, 1.165) is 11.3 Å². The van der Waals surface area contributed by atoms with E-state index >= 15 is 0 Å². The van der Waals surface area contributed by atoms with E-state index in [1.807, 2.05) is 33.8 Å². The van der Waals surface area contributed by atoms with Crippen LogP contribution in [0.25, 0.3) is 0 Å². The van der Waals surface area contributed by atoms with E-state index in [0.29, 0.717) is 12.4 Å². The summed E-state index contributed by atoms with van der Waals surface area (Å²) in [6.07, 6.45) is -0.439. The molecule has 0 aliphatic rings. The van der Waals surface area contributed by atoms with E-state index in [-0.39, 0.29) is 0 Å². The Bertz CT molecular complexity index is 390. The Hall–Kier alpha value is -1.78. The number of anilines is 1. The van der Waals surface area contributed by atoms with Crippen molar-refractivity contribution in [3.63, 3.8) is 0 Å². The number of pyridine rings is 1. The zero-order chi connectivity index (χ0) is 13.1. The fourth-order valence-corrected chi connectivity index (χ4v) is 1.36. The van der Waals surface area contributed by atoms with Gasteiger partial charge in [0.1, 0.15) is 11.4 Å². The lowest BCUT2D eigenvalue weighted by Crippen LogP contribution is -2.32. The fourth-order valence-electron chi connectivity index (χ4n) is 1.36. The molecule has 0 aliphatic carbocycles. The van der Waals surface area contributed by atoms with Crippen molar-refractivity contribution in [1.29, 1.82) is 0 Å². The van der Waals surface area contributed by atoms with Crippen LogP contribution in [-0.2, 0) is 11.3 Å². The highest BCUT2D eigenvalue weighted by Gasteiger charge is 2.15. The van der Waals surface area contributed by atoms with Gasteiger partial charge < -0.3 is 15.8 Å². The van der Waals surface area contributed by atoms with Crippen molar-refractivity contribution in [2.75, 3.05) is 5.73 Å². The van der Waals surface area contributed by atoms with Crippen molar-refractivity contribution in [3.8, 4) is 0 Å². The summed E-state index contributed by atoms with van der Waals surface area (Å²) < 4.78 is 5.12.